The maximum Gasteiger partial charge on any atom is 0.257 e. The number of hydrogen-bond donors (Lipinski definition) is 2. The maximum absolute atomic E-state index is 12.7. The van der Waals surface area contributed by atoms with Gasteiger partial charge in [-0.3, -0.25) is 14.6 Å². The topological polar surface area (TPSA) is 74.3 Å². The smallest absolute Gasteiger partial charge is 0.257 e. The minimum Gasteiger partial charge on any atom is -0.370 e. The Hall–Kier alpha value is -3.38. The predicted octanol–water partition coefficient (Wildman–Crippen LogP) is 5.23. The number of hydrogen-bond acceptors (Lipinski definition) is 4. The van der Waals surface area contributed by atoms with Crippen molar-refractivity contribution < 1.29 is 9.59 Å². The van der Waals surface area contributed by atoms with Crippen LogP contribution in [0.25, 0.3) is 0 Å². The predicted molar refractivity (Wildman–Crippen MR) is 124 cm³/mol. The molecular formula is C24H23ClN4O2. The van der Waals surface area contributed by atoms with Gasteiger partial charge in [-0.05, 0) is 67.8 Å². The van der Waals surface area contributed by atoms with E-state index in [1.807, 2.05) is 12.1 Å². The van der Waals surface area contributed by atoms with Crippen LogP contribution in [0.5, 0.6) is 0 Å². The van der Waals surface area contributed by atoms with Crippen LogP contribution in [0.2, 0.25) is 5.02 Å². The zero-order valence-corrected chi connectivity index (χ0v) is 17.7. The van der Waals surface area contributed by atoms with Crippen molar-refractivity contribution in [2.45, 2.75) is 19.3 Å². The Balaban J connectivity index is 1.43. The standard InChI is InChI=1S/C24H23ClN4O2/c25-21-15-20(9-10-22(21)29-12-2-1-3-13-29)28-23(30)17-6-4-8-19(14-17)27-24(31)18-7-5-11-26-16-18/h4-11,14-16H,1-3,12-13H2,(H,27,31)(H,28,30). The van der Waals surface area contributed by atoms with Crippen molar-refractivity contribution in [1.82, 2.24) is 4.98 Å². The highest BCUT2D eigenvalue weighted by Crippen LogP contribution is 2.31. The van der Waals surface area contributed by atoms with Crippen molar-refractivity contribution in [3.8, 4) is 0 Å². The van der Waals surface area contributed by atoms with E-state index in [1.54, 1.807) is 48.7 Å². The Kier molecular flexibility index (Phi) is 6.48. The molecule has 1 saturated heterocycles. The van der Waals surface area contributed by atoms with Gasteiger partial charge in [0.1, 0.15) is 0 Å². The summed E-state index contributed by atoms with van der Waals surface area (Å²) < 4.78 is 0. The molecule has 2 heterocycles. The van der Waals surface area contributed by atoms with E-state index >= 15 is 0 Å². The van der Waals surface area contributed by atoms with Gasteiger partial charge in [0.2, 0.25) is 0 Å². The molecule has 158 valence electrons. The molecule has 0 spiro atoms. The van der Waals surface area contributed by atoms with Crippen LogP contribution in [0.4, 0.5) is 17.1 Å². The van der Waals surface area contributed by atoms with Crippen LogP contribution in [0.1, 0.15) is 40.0 Å². The summed E-state index contributed by atoms with van der Waals surface area (Å²) >= 11 is 6.49. The monoisotopic (exact) mass is 434 g/mol. The first-order valence-corrected chi connectivity index (χ1v) is 10.7. The van der Waals surface area contributed by atoms with Gasteiger partial charge in [0.15, 0.2) is 0 Å². The number of nitrogens with zero attached hydrogens (tertiary/aromatic N) is 2. The van der Waals surface area contributed by atoms with Gasteiger partial charge in [0.25, 0.3) is 11.8 Å². The zero-order chi connectivity index (χ0) is 21.6. The summed E-state index contributed by atoms with van der Waals surface area (Å²) in [7, 11) is 0. The average Bonchev–Trinajstić information content (AvgIpc) is 2.80. The zero-order valence-electron chi connectivity index (χ0n) is 17.0. The number of nitrogens with one attached hydrogen (secondary N) is 2. The lowest BCUT2D eigenvalue weighted by molar-refractivity contribution is 0.101. The van der Waals surface area contributed by atoms with Crippen LogP contribution in [0.3, 0.4) is 0 Å². The highest BCUT2D eigenvalue weighted by atomic mass is 35.5. The molecule has 0 unspecified atom stereocenters. The van der Waals surface area contributed by atoms with Crippen LogP contribution in [0, 0.1) is 0 Å². The number of aromatic nitrogens is 1. The van der Waals surface area contributed by atoms with Crippen molar-refractivity contribution in [3.05, 3.63) is 83.1 Å². The largest absolute Gasteiger partial charge is 0.370 e. The number of anilines is 3. The minimum absolute atomic E-state index is 0.278. The number of carbonyl (C=O) groups is 2. The van der Waals surface area contributed by atoms with Gasteiger partial charge in [-0.15, -0.1) is 0 Å². The van der Waals surface area contributed by atoms with Gasteiger partial charge >= 0.3 is 0 Å². The Morgan fingerprint density at radius 3 is 2.26 bits per heavy atom. The first-order valence-electron chi connectivity index (χ1n) is 10.3. The number of carbonyl (C=O) groups excluding carboxylic acids is 2. The molecule has 0 radical (unpaired) electrons. The second kappa shape index (κ2) is 9.62. The van der Waals surface area contributed by atoms with E-state index in [0.29, 0.717) is 27.5 Å². The lowest BCUT2D eigenvalue weighted by Crippen LogP contribution is -2.29. The van der Waals surface area contributed by atoms with Crippen molar-refractivity contribution in [2.24, 2.45) is 0 Å². The minimum atomic E-state index is -0.286. The van der Waals surface area contributed by atoms with Crippen molar-refractivity contribution in [2.75, 3.05) is 28.6 Å². The highest BCUT2D eigenvalue weighted by molar-refractivity contribution is 6.33. The lowest BCUT2D eigenvalue weighted by atomic mass is 10.1. The van der Waals surface area contributed by atoms with Crippen LogP contribution < -0.4 is 15.5 Å². The third-order valence-electron chi connectivity index (χ3n) is 5.21. The fourth-order valence-electron chi connectivity index (χ4n) is 3.62. The number of pyridine rings is 1. The molecular weight excluding hydrogens is 412 g/mol. The van der Waals surface area contributed by atoms with E-state index in [1.165, 1.54) is 25.5 Å². The van der Waals surface area contributed by atoms with E-state index in [2.05, 4.69) is 20.5 Å². The molecule has 4 rings (SSSR count). The van der Waals surface area contributed by atoms with E-state index in [9.17, 15) is 9.59 Å². The van der Waals surface area contributed by atoms with Crippen molar-refractivity contribution in [1.29, 1.82) is 0 Å². The molecule has 1 aromatic heterocycles. The number of amides is 2. The van der Waals surface area contributed by atoms with Gasteiger partial charge in [-0.2, -0.15) is 0 Å². The summed E-state index contributed by atoms with van der Waals surface area (Å²) in [5.74, 6) is -0.565. The number of piperidine rings is 1. The second-order valence-corrected chi connectivity index (χ2v) is 7.85. The molecule has 0 saturated carbocycles. The first kappa shape index (κ1) is 20.9. The van der Waals surface area contributed by atoms with Crippen molar-refractivity contribution >= 4 is 40.5 Å². The molecule has 2 aromatic carbocycles. The fraction of sp³-hybridized carbons (Fsp3) is 0.208. The number of benzene rings is 2. The molecule has 7 heteroatoms. The Labute approximate surface area is 186 Å². The Morgan fingerprint density at radius 1 is 0.839 bits per heavy atom. The fourth-order valence-corrected chi connectivity index (χ4v) is 3.92. The molecule has 0 aliphatic carbocycles. The number of halogens is 1. The summed E-state index contributed by atoms with van der Waals surface area (Å²) in [6.07, 6.45) is 6.69. The third-order valence-corrected chi connectivity index (χ3v) is 5.51. The van der Waals surface area contributed by atoms with Crippen LogP contribution >= 0.6 is 11.6 Å². The van der Waals surface area contributed by atoms with Crippen LogP contribution in [-0.2, 0) is 0 Å². The van der Waals surface area contributed by atoms with Crippen LogP contribution in [0.15, 0.2) is 67.0 Å². The molecule has 0 bridgehead atoms. The molecule has 2 amide bonds. The summed E-state index contributed by atoms with van der Waals surface area (Å²) in [6.45, 7) is 2.01. The second-order valence-electron chi connectivity index (χ2n) is 7.44. The lowest BCUT2D eigenvalue weighted by Gasteiger charge is -2.29. The molecule has 0 atom stereocenters. The SMILES string of the molecule is O=C(Nc1cccc(C(=O)Nc2ccc(N3CCCCC3)c(Cl)c2)c1)c1cccnc1. The van der Waals surface area contributed by atoms with Crippen molar-refractivity contribution in [3.63, 3.8) is 0 Å². The first-order chi connectivity index (χ1) is 15.1. The molecule has 3 aromatic rings. The van der Waals surface area contributed by atoms with Gasteiger partial charge in [-0.1, -0.05) is 17.7 Å². The molecule has 1 aliphatic rings. The Bertz CT molecular complexity index is 1080. The normalized spacial score (nSPS) is 13.5. The van der Waals surface area contributed by atoms with E-state index in [0.717, 1.165) is 18.8 Å². The number of rotatable bonds is 5. The molecule has 6 nitrogen and oxygen atoms in total. The van der Waals surface area contributed by atoms with E-state index < -0.39 is 0 Å². The van der Waals surface area contributed by atoms with Gasteiger partial charge in [0, 0.05) is 42.4 Å². The molecule has 1 fully saturated rings. The van der Waals surface area contributed by atoms with E-state index in [4.69, 9.17) is 11.6 Å². The van der Waals surface area contributed by atoms with Gasteiger partial charge < -0.3 is 15.5 Å². The van der Waals surface area contributed by atoms with Gasteiger partial charge in [-0.25, -0.2) is 0 Å². The maximum atomic E-state index is 12.7. The molecule has 1 aliphatic heterocycles. The molecule has 31 heavy (non-hydrogen) atoms. The summed E-state index contributed by atoms with van der Waals surface area (Å²) in [5.41, 5.74) is 3.03. The third kappa shape index (κ3) is 5.22. The average molecular weight is 435 g/mol. The summed E-state index contributed by atoms with van der Waals surface area (Å²) in [5, 5.41) is 6.28. The Morgan fingerprint density at radius 2 is 1.55 bits per heavy atom. The highest BCUT2D eigenvalue weighted by Gasteiger charge is 2.15. The van der Waals surface area contributed by atoms with Crippen LogP contribution in [-0.4, -0.2) is 29.9 Å². The molecule has 2 N–H and O–H groups in total. The summed E-state index contributed by atoms with van der Waals surface area (Å²) in [6, 6.07) is 15.7. The van der Waals surface area contributed by atoms with E-state index in [-0.39, 0.29) is 11.8 Å². The quantitative estimate of drug-likeness (QED) is 0.576. The van der Waals surface area contributed by atoms with Gasteiger partial charge in [0.05, 0.1) is 16.3 Å². The summed E-state index contributed by atoms with van der Waals surface area (Å²) in [4.78, 5) is 31.3.